The van der Waals surface area contributed by atoms with E-state index in [4.69, 9.17) is 19.9 Å². The number of hydrogen-bond acceptors (Lipinski definition) is 10. The normalized spacial score (nSPS) is 14.4. The first-order chi connectivity index (χ1) is 16.5. The number of nitrogens with two attached hydrogens (primary N) is 1. The zero-order valence-electron chi connectivity index (χ0n) is 18.1. The smallest absolute Gasteiger partial charge is 0.328 e. The molecule has 0 aliphatic carbocycles. The van der Waals surface area contributed by atoms with E-state index < -0.39 is 0 Å². The summed E-state index contributed by atoms with van der Waals surface area (Å²) in [4.78, 5) is 27.1. The molecule has 3 heterocycles. The Morgan fingerprint density at radius 3 is 2.88 bits per heavy atom. The number of nitriles is 1. The third kappa shape index (κ3) is 4.12. The van der Waals surface area contributed by atoms with Gasteiger partial charge in [0, 0.05) is 25.2 Å². The standard InChI is InChI=1S/C23H19N7O4/c1-30-8-7-26-20(30)14-3-2-4-15(10-14)33-23-28-21-19(27-18(31)12-32-21)22(29-23)34-17-9-13(11-24)5-6-16(17)25/h2-6,9-10H,7-8,12,25H2,1H3,(H,27,31). The molecular weight excluding hydrogens is 438 g/mol. The number of aromatic nitrogens is 2. The van der Waals surface area contributed by atoms with Crippen LogP contribution < -0.4 is 25.3 Å². The minimum absolute atomic E-state index is 0.0362. The molecule has 0 atom stereocenters. The number of carbonyl (C=O) groups is 1. The number of nitrogens with one attached hydrogen (secondary N) is 1. The maximum Gasteiger partial charge on any atom is 0.328 e. The second-order valence-corrected chi connectivity index (χ2v) is 7.55. The van der Waals surface area contributed by atoms with Crippen LogP contribution in [-0.4, -0.2) is 53.4 Å². The van der Waals surface area contributed by atoms with E-state index in [2.05, 4.69) is 25.2 Å². The third-order valence-corrected chi connectivity index (χ3v) is 5.14. The first kappa shape index (κ1) is 21.0. The molecule has 2 aliphatic rings. The molecule has 2 aliphatic heterocycles. The van der Waals surface area contributed by atoms with Crippen LogP contribution in [-0.2, 0) is 4.79 Å². The lowest BCUT2D eigenvalue weighted by Gasteiger charge is -2.20. The third-order valence-electron chi connectivity index (χ3n) is 5.14. The SMILES string of the molecule is CN1CCN=C1c1cccc(Oc2nc3c(c(Oc4cc(C#N)ccc4N)n2)NC(=O)CO3)c1. The van der Waals surface area contributed by atoms with Gasteiger partial charge >= 0.3 is 6.01 Å². The monoisotopic (exact) mass is 457 g/mol. The largest absolute Gasteiger partial charge is 0.466 e. The number of nitrogens with zero attached hydrogens (tertiary/aromatic N) is 5. The molecule has 1 amide bonds. The van der Waals surface area contributed by atoms with Crippen molar-refractivity contribution in [2.24, 2.45) is 4.99 Å². The first-order valence-corrected chi connectivity index (χ1v) is 10.4. The summed E-state index contributed by atoms with van der Waals surface area (Å²) < 4.78 is 17.2. The van der Waals surface area contributed by atoms with Crippen molar-refractivity contribution in [3.63, 3.8) is 0 Å². The number of hydrogen-bond donors (Lipinski definition) is 2. The van der Waals surface area contributed by atoms with Gasteiger partial charge < -0.3 is 30.2 Å². The Kier molecular flexibility index (Phi) is 5.31. The fourth-order valence-electron chi connectivity index (χ4n) is 3.49. The number of anilines is 2. The van der Waals surface area contributed by atoms with Gasteiger partial charge in [0.05, 0.1) is 23.9 Å². The van der Waals surface area contributed by atoms with E-state index in [1.807, 2.05) is 31.3 Å². The Morgan fingerprint density at radius 2 is 2.09 bits per heavy atom. The highest BCUT2D eigenvalue weighted by atomic mass is 16.5. The number of rotatable bonds is 5. The van der Waals surface area contributed by atoms with Crippen molar-refractivity contribution in [1.29, 1.82) is 5.26 Å². The van der Waals surface area contributed by atoms with E-state index in [1.165, 1.54) is 6.07 Å². The molecule has 3 N–H and O–H groups in total. The summed E-state index contributed by atoms with van der Waals surface area (Å²) >= 11 is 0. The predicted molar refractivity (Wildman–Crippen MR) is 122 cm³/mol. The molecule has 170 valence electrons. The van der Waals surface area contributed by atoms with Gasteiger partial charge in [-0.25, -0.2) is 0 Å². The summed E-state index contributed by atoms with van der Waals surface area (Å²) in [5.41, 5.74) is 7.67. The van der Waals surface area contributed by atoms with E-state index in [0.29, 0.717) is 11.3 Å². The lowest BCUT2D eigenvalue weighted by atomic mass is 10.2. The lowest BCUT2D eigenvalue weighted by Crippen LogP contribution is -2.26. The number of aliphatic imine (C=N–C) groups is 1. The van der Waals surface area contributed by atoms with Gasteiger partial charge in [-0.05, 0) is 24.3 Å². The average molecular weight is 457 g/mol. The molecule has 2 aromatic carbocycles. The number of benzene rings is 2. The van der Waals surface area contributed by atoms with Crippen molar-refractivity contribution in [3.05, 3.63) is 53.6 Å². The quantitative estimate of drug-likeness (QED) is 0.551. The number of fused-ring (bicyclic) bond motifs is 1. The average Bonchev–Trinajstić information content (AvgIpc) is 3.27. The molecule has 0 bridgehead atoms. The summed E-state index contributed by atoms with van der Waals surface area (Å²) in [6.45, 7) is 1.38. The molecule has 5 rings (SSSR count). The molecule has 11 nitrogen and oxygen atoms in total. The second-order valence-electron chi connectivity index (χ2n) is 7.55. The number of likely N-dealkylation sites (N-methyl/N-ethyl adjacent to an activating group) is 1. The summed E-state index contributed by atoms with van der Waals surface area (Å²) in [6, 6.07) is 13.9. The highest BCUT2D eigenvalue weighted by Crippen LogP contribution is 2.40. The van der Waals surface area contributed by atoms with Gasteiger partial charge in [-0.1, -0.05) is 12.1 Å². The highest BCUT2D eigenvalue weighted by molar-refractivity contribution is 6.00. The fourth-order valence-corrected chi connectivity index (χ4v) is 3.49. The van der Waals surface area contributed by atoms with Crippen LogP contribution in [0.4, 0.5) is 11.4 Å². The van der Waals surface area contributed by atoms with Crippen molar-refractivity contribution in [1.82, 2.24) is 14.9 Å². The van der Waals surface area contributed by atoms with Gasteiger partial charge in [-0.2, -0.15) is 15.2 Å². The minimum Gasteiger partial charge on any atom is -0.466 e. The van der Waals surface area contributed by atoms with Crippen LogP contribution in [0.25, 0.3) is 0 Å². The molecule has 0 unspecified atom stereocenters. The predicted octanol–water partition coefficient (Wildman–Crippen LogP) is 2.54. The van der Waals surface area contributed by atoms with Crippen molar-refractivity contribution in [2.45, 2.75) is 0 Å². The van der Waals surface area contributed by atoms with Crippen LogP contribution in [0.2, 0.25) is 0 Å². The van der Waals surface area contributed by atoms with E-state index in [1.54, 1.807) is 18.2 Å². The van der Waals surface area contributed by atoms with Gasteiger partial charge in [0.1, 0.15) is 11.6 Å². The van der Waals surface area contributed by atoms with Crippen LogP contribution in [0.15, 0.2) is 47.5 Å². The van der Waals surface area contributed by atoms with E-state index in [0.717, 1.165) is 24.5 Å². The van der Waals surface area contributed by atoms with E-state index in [-0.39, 0.29) is 47.4 Å². The molecule has 11 heteroatoms. The van der Waals surface area contributed by atoms with Crippen molar-refractivity contribution < 1.29 is 19.0 Å². The minimum atomic E-state index is -0.387. The zero-order valence-corrected chi connectivity index (χ0v) is 18.1. The van der Waals surface area contributed by atoms with Gasteiger partial charge in [0.2, 0.25) is 5.88 Å². The van der Waals surface area contributed by atoms with Gasteiger partial charge in [-0.15, -0.1) is 0 Å². The summed E-state index contributed by atoms with van der Waals surface area (Å²) in [6.07, 6.45) is 0. The second kappa shape index (κ2) is 8.59. The van der Waals surface area contributed by atoms with Crippen molar-refractivity contribution >= 4 is 23.1 Å². The maximum absolute atomic E-state index is 11.9. The number of amides is 1. The topological polar surface area (TPSA) is 148 Å². The molecule has 0 saturated carbocycles. The molecule has 0 saturated heterocycles. The Morgan fingerprint density at radius 1 is 1.21 bits per heavy atom. The number of amidine groups is 1. The summed E-state index contributed by atoms with van der Waals surface area (Å²) in [5, 5.41) is 11.8. The van der Waals surface area contributed by atoms with E-state index >= 15 is 0 Å². The molecule has 3 aromatic rings. The van der Waals surface area contributed by atoms with Gasteiger partial charge in [0.15, 0.2) is 18.0 Å². The van der Waals surface area contributed by atoms with Crippen molar-refractivity contribution in [3.8, 4) is 35.3 Å². The van der Waals surface area contributed by atoms with Crippen LogP contribution in [0, 0.1) is 11.3 Å². The number of carbonyl (C=O) groups excluding carboxylic acids is 1. The molecule has 34 heavy (non-hydrogen) atoms. The maximum atomic E-state index is 11.9. The van der Waals surface area contributed by atoms with Crippen LogP contribution in [0.1, 0.15) is 11.1 Å². The first-order valence-electron chi connectivity index (χ1n) is 10.4. The fraction of sp³-hybridized carbons (Fsp3) is 0.174. The zero-order chi connectivity index (χ0) is 23.7. The Bertz CT molecular complexity index is 1370. The summed E-state index contributed by atoms with van der Waals surface area (Å²) in [5.74, 6) is 1.21. The van der Waals surface area contributed by atoms with Gasteiger partial charge in [0.25, 0.3) is 11.8 Å². The molecule has 1 aromatic heterocycles. The molecule has 0 fully saturated rings. The molecule has 0 spiro atoms. The van der Waals surface area contributed by atoms with Crippen LogP contribution >= 0.6 is 0 Å². The Balaban J connectivity index is 1.50. The molecule has 0 radical (unpaired) electrons. The lowest BCUT2D eigenvalue weighted by molar-refractivity contribution is -0.118. The van der Waals surface area contributed by atoms with Gasteiger partial charge in [-0.3, -0.25) is 9.79 Å². The van der Waals surface area contributed by atoms with Crippen LogP contribution in [0.5, 0.6) is 29.3 Å². The number of nitrogen functional groups attached to an aromatic ring is 1. The Hall–Kier alpha value is -4.85. The van der Waals surface area contributed by atoms with Crippen LogP contribution in [0.3, 0.4) is 0 Å². The Labute approximate surface area is 194 Å². The van der Waals surface area contributed by atoms with Crippen molar-refractivity contribution in [2.75, 3.05) is 37.8 Å². The highest BCUT2D eigenvalue weighted by Gasteiger charge is 2.26. The molecular formula is C23H19N7O4. The van der Waals surface area contributed by atoms with E-state index in [9.17, 15) is 10.1 Å². The number of ether oxygens (including phenoxy) is 3. The summed E-state index contributed by atoms with van der Waals surface area (Å²) in [7, 11) is 1.98.